The molecule has 0 aliphatic carbocycles. The fourth-order valence-electron chi connectivity index (χ4n) is 3.12. The van der Waals surface area contributed by atoms with Gasteiger partial charge in [0.2, 0.25) is 6.41 Å². The van der Waals surface area contributed by atoms with Gasteiger partial charge in [0.1, 0.15) is 6.04 Å². The first-order chi connectivity index (χ1) is 13.7. The third-order valence-corrected chi connectivity index (χ3v) is 4.53. The average molecular weight is 384 g/mol. The number of aliphatic hydroxyl groups is 1. The van der Waals surface area contributed by atoms with E-state index < -0.39 is 12.0 Å². The van der Waals surface area contributed by atoms with E-state index in [9.17, 15) is 14.7 Å². The van der Waals surface area contributed by atoms with Crippen LogP contribution in [-0.4, -0.2) is 47.7 Å². The zero-order valence-electron chi connectivity index (χ0n) is 16.2. The molecule has 2 aromatic carbocycles. The molecule has 150 valence electrons. The maximum Gasteiger partial charge on any atom is 0.328 e. The molecule has 0 aromatic heterocycles. The van der Waals surface area contributed by atoms with Crippen molar-refractivity contribution in [1.82, 2.24) is 10.2 Å². The van der Waals surface area contributed by atoms with Gasteiger partial charge in [0.25, 0.3) is 0 Å². The van der Waals surface area contributed by atoms with Gasteiger partial charge in [0, 0.05) is 19.1 Å². The van der Waals surface area contributed by atoms with Crippen molar-refractivity contribution in [3.05, 3.63) is 71.8 Å². The van der Waals surface area contributed by atoms with Crippen molar-refractivity contribution in [3.63, 3.8) is 0 Å². The summed E-state index contributed by atoms with van der Waals surface area (Å²) < 4.78 is 5.06. The number of amides is 1. The Morgan fingerprint density at radius 3 is 2.04 bits per heavy atom. The molecule has 0 fully saturated rings. The third-order valence-electron chi connectivity index (χ3n) is 4.53. The Kier molecular flexibility index (Phi) is 9.18. The number of hydrogen-bond donors (Lipinski definition) is 2. The Hall–Kier alpha value is -2.70. The summed E-state index contributed by atoms with van der Waals surface area (Å²) >= 11 is 0. The molecule has 0 saturated carbocycles. The number of hydrogen-bond acceptors (Lipinski definition) is 5. The first-order valence-electron chi connectivity index (χ1n) is 9.47. The second kappa shape index (κ2) is 11.9. The molecule has 0 radical (unpaired) electrons. The number of nitrogens with one attached hydrogen (secondary N) is 1. The average Bonchev–Trinajstić information content (AvgIpc) is 2.72. The Labute approximate surface area is 166 Å². The molecule has 0 bridgehead atoms. The van der Waals surface area contributed by atoms with Gasteiger partial charge in [-0.3, -0.25) is 9.69 Å². The first-order valence-corrected chi connectivity index (χ1v) is 9.47. The predicted octanol–water partition coefficient (Wildman–Crippen LogP) is 2.12. The molecule has 0 spiro atoms. The van der Waals surface area contributed by atoms with Crippen LogP contribution in [-0.2, 0) is 27.4 Å². The quantitative estimate of drug-likeness (QED) is 0.433. The van der Waals surface area contributed by atoms with Gasteiger partial charge in [-0.15, -0.1) is 0 Å². The highest BCUT2D eigenvalue weighted by molar-refractivity contribution is 5.78. The van der Waals surface area contributed by atoms with Crippen LogP contribution in [0.25, 0.3) is 0 Å². The topological polar surface area (TPSA) is 78.9 Å². The van der Waals surface area contributed by atoms with E-state index in [0.29, 0.717) is 19.5 Å². The summed E-state index contributed by atoms with van der Waals surface area (Å²) in [7, 11) is 0. The van der Waals surface area contributed by atoms with Crippen molar-refractivity contribution in [2.45, 2.75) is 38.5 Å². The van der Waals surface area contributed by atoms with Crippen LogP contribution in [0.1, 0.15) is 24.5 Å². The summed E-state index contributed by atoms with van der Waals surface area (Å²) in [5.74, 6) is -0.493. The molecule has 1 amide bonds. The van der Waals surface area contributed by atoms with Crippen molar-refractivity contribution < 1.29 is 19.4 Å². The molecule has 6 heteroatoms. The lowest BCUT2D eigenvalue weighted by Crippen LogP contribution is -2.46. The van der Waals surface area contributed by atoms with Crippen LogP contribution in [0.5, 0.6) is 0 Å². The molecule has 0 aliphatic rings. The lowest BCUT2D eigenvalue weighted by molar-refractivity contribution is -0.147. The predicted molar refractivity (Wildman–Crippen MR) is 107 cm³/mol. The Morgan fingerprint density at radius 1 is 1.07 bits per heavy atom. The second-order valence-electron chi connectivity index (χ2n) is 6.54. The van der Waals surface area contributed by atoms with E-state index in [1.54, 1.807) is 6.92 Å². The third kappa shape index (κ3) is 6.79. The number of carbonyl (C=O) groups is 2. The zero-order chi connectivity index (χ0) is 20.2. The Balaban J connectivity index is 2.21. The monoisotopic (exact) mass is 384 g/mol. The number of nitrogens with zero attached hydrogens (tertiary/aromatic N) is 1. The van der Waals surface area contributed by atoms with Gasteiger partial charge >= 0.3 is 5.97 Å². The zero-order valence-corrected chi connectivity index (χ0v) is 16.2. The maximum atomic E-state index is 12.2. The van der Waals surface area contributed by atoms with Gasteiger partial charge in [-0.25, -0.2) is 4.79 Å². The summed E-state index contributed by atoms with van der Waals surface area (Å²) in [6.07, 6.45) is 0.752. The van der Waals surface area contributed by atoms with Gasteiger partial charge in [0.15, 0.2) is 0 Å². The number of aliphatic hydroxyl groups excluding tert-OH is 1. The van der Waals surface area contributed by atoms with E-state index in [1.165, 1.54) is 0 Å². The van der Waals surface area contributed by atoms with E-state index >= 15 is 0 Å². The number of benzene rings is 2. The Morgan fingerprint density at radius 2 is 1.61 bits per heavy atom. The highest BCUT2D eigenvalue weighted by Crippen LogP contribution is 2.17. The lowest BCUT2D eigenvalue weighted by atomic mass is 10.0. The lowest BCUT2D eigenvalue weighted by Gasteiger charge is -2.32. The van der Waals surface area contributed by atoms with Gasteiger partial charge in [0.05, 0.1) is 13.2 Å². The number of esters is 1. The van der Waals surface area contributed by atoms with Gasteiger partial charge in [-0.2, -0.15) is 0 Å². The minimum Gasteiger partial charge on any atom is -0.464 e. The normalized spacial score (nSPS) is 13.0. The molecule has 2 aromatic rings. The van der Waals surface area contributed by atoms with E-state index in [-0.39, 0.29) is 25.7 Å². The van der Waals surface area contributed by atoms with Gasteiger partial charge < -0.3 is 15.2 Å². The van der Waals surface area contributed by atoms with Gasteiger partial charge in [-0.1, -0.05) is 60.7 Å². The smallest absolute Gasteiger partial charge is 0.328 e. The minimum absolute atomic E-state index is 0.143. The van der Waals surface area contributed by atoms with Crippen molar-refractivity contribution >= 4 is 12.4 Å². The van der Waals surface area contributed by atoms with E-state index in [1.807, 2.05) is 60.7 Å². The highest BCUT2D eigenvalue weighted by atomic mass is 16.5. The van der Waals surface area contributed by atoms with Gasteiger partial charge in [-0.05, 0) is 24.5 Å². The minimum atomic E-state index is -0.802. The second-order valence-corrected chi connectivity index (χ2v) is 6.54. The first kappa shape index (κ1) is 21.6. The largest absolute Gasteiger partial charge is 0.464 e. The van der Waals surface area contributed by atoms with Crippen LogP contribution >= 0.6 is 0 Å². The molecular weight excluding hydrogens is 356 g/mol. The molecule has 0 heterocycles. The van der Waals surface area contributed by atoms with Crippen LogP contribution in [0, 0.1) is 0 Å². The Bertz CT molecular complexity index is 667. The molecule has 28 heavy (non-hydrogen) atoms. The molecule has 0 saturated heterocycles. The van der Waals surface area contributed by atoms with Crippen molar-refractivity contribution in [2.75, 3.05) is 13.2 Å². The van der Waals surface area contributed by atoms with Crippen LogP contribution in [0.4, 0.5) is 0 Å². The van der Waals surface area contributed by atoms with E-state index in [2.05, 4.69) is 10.2 Å². The molecule has 2 atom stereocenters. The number of rotatable bonds is 12. The summed E-state index contributed by atoms with van der Waals surface area (Å²) in [5.41, 5.74) is 2.21. The molecule has 0 aliphatic heterocycles. The number of ether oxygens (including phenoxy) is 1. The molecule has 2 N–H and O–H groups in total. The van der Waals surface area contributed by atoms with Crippen LogP contribution in [0.3, 0.4) is 0 Å². The van der Waals surface area contributed by atoms with Crippen molar-refractivity contribution in [3.8, 4) is 0 Å². The summed E-state index contributed by atoms with van der Waals surface area (Å²) in [5, 5.41) is 12.6. The molecular formula is C22H28N2O4. The molecule has 2 rings (SSSR count). The molecule has 6 nitrogen and oxygen atoms in total. The maximum absolute atomic E-state index is 12.2. The van der Waals surface area contributed by atoms with Crippen molar-refractivity contribution in [2.24, 2.45) is 0 Å². The van der Waals surface area contributed by atoms with Crippen molar-refractivity contribution in [1.29, 1.82) is 0 Å². The fraction of sp³-hybridized carbons (Fsp3) is 0.364. The fourth-order valence-corrected chi connectivity index (χ4v) is 3.12. The van der Waals surface area contributed by atoms with Crippen LogP contribution < -0.4 is 5.32 Å². The summed E-state index contributed by atoms with van der Waals surface area (Å²) in [6.45, 7) is 3.03. The van der Waals surface area contributed by atoms with E-state index in [4.69, 9.17) is 4.74 Å². The highest BCUT2D eigenvalue weighted by Gasteiger charge is 2.27. The van der Waals surface area contributed by atoms with Crippen LogP contribution in [0.15, 0.2) is 60.7 Å². The number of carbonyl (C=O) groups excluding carboxylic acids is 2. The molecule has 0 unspecified atom stereocenters. The SMILES string of the molecule is CCOC(=O)[C@H](C[C@H](CO)N(Cc1ccccc1)Cc1ccccc1)NC=O. The summed E-state index contributed by atoms with van der Waals surface area (Å²) in [6, 6.07) is 18.8. The van der Waals surface area contributed by atoms with E-state index in [0.717, 1.165) is 11.1 Å². The summed E-state index contributed by atoms with van der Waals surface area (Å²) in [4.78, 5) is 25.2. The van der Waals surface area contributed by atoms with Crippen LogP contribution in [0.2, 0.25) is 0 Å². The standard InChI is InChI=1S/C22H28N2O4/c1-2-28-22(27)21(23-17-26)13-20(16-25)24(14-18-9-5-3-6-10-18)15-19-11-7-4-8-12-19/h3-12,17,20-21,25H,2,13-16H2,1H3,(H,23,26)/t20-,21+/m1/s1.